The maximum absolute atomic E-state index is 11.1. The van der Waals surface area contributed by atoms with Crippen molar-refractivity contribution in [3.63, 3.8) is 0 Å². The van der Waals surface area contributed by atoms with Crippen LogP contribution in [0.3, 0.4) is 0 Å². The van der Waals surface area contributed by atoms with Gasteiger partial charge in [0.05, 0.1) is 5.92 Å². The Morgan fingerprint density at radius 2 is 2.17 bits per heavy atom. The van der Waals surface area contributed by atoms with Crippen LogP contribution in [0.5, 0.6) is 0 Å². The molecule has 0 aliphatic rings. The summed E-state index contributed by atoms with van der Waals surface area (Å²) in [4.78, 5) is 17.4. The fourth-order valence-electron chi connectivity index (χ4n) is 1.85. The summed E-state index contributed by atoms with van der Waals surface area (Å²) in [5, 5.41) is 9.14. The molecule has 4 nitrogen and oxygen atoms in total. The Kier molecular flexibility index (Phi) is 5.78. The summed E-state index contributed by atoms with van der Waals surface area (Å²) in [5.41, 5.74) is 1.04. The SMILES string of the molecule is CC(C)C(CN(C)CCc1ccccn1)C(=O)O. The summed E-state index contributed by atoms with van der Waals surface area (Å²) in [6, 6.07) is 5.86. The minimum Gasteiger partial charge on any atom is -0.481 e. The van der Waals surface area contributed by atoms with Gasteiger partial charge in [-0.3, -0.25) is 9.78 Å². The number of rotatable bonds is 7. The van der Waals surface area contributed by atoms with Gasteiger partial charge in [-0.25, -0.2) is 0 Å². The maximum Gasteiger partial charge on any atom is 0.308 e. The topological polar surface area (TPSA) is 53.4 Å². The van der Waals surface area contributed by atoms with Gasteiger partial charge in [-0.05, 0) is 25.1 Å². The van der Waals surface area contributed by atoms with Gasteiger partial charge in [0.15, 0.2) is 0 Å². The highest BCUT2D eigenvalue weighted by atomic mass is 16.4. The molecular weight excluding hydrogens is 228 g/mol. The van der Waals surface area contributed by atoms with E-state index >= 15 is 0 Å². The Balaban J connectivity index is 2.41. The Morgan fingerprint density at radius 1 is 1.44 bits per heavy atom. The van der Waals surface area contributed by atoms with E-state index in [0.717, 1.165) is 18.7 Å². The Hall–Kier alpha value is -1.42. The van der Waals surface area contributed by atoms with Crippen molar-refractivity contribution >= 4 is 5.97 Å². The van der Waals surface area contributed by atoms with Crippen LogP contribution in [0.15, 0.2) is 24.4 Å². The lowest BCUT2D eigenvalue weighted by molar-refractivity contribution is -0.143. The van der Waals surface area contributed by atoms with Crippen molar-refractivity contribution in [2.75, 3.05) is 20.1 Å². The highest BCUT2D eigenvalue weighted by Crippen LogP contribution is 2.12. The van der Waals surface area contributed by atoms with Crippen molar-refractivity contribution < 1.29 is 9.90 Å². The molecular formula is C14H22N2O2. The molecule has 18 heavy (non-hydrogen) atoms. The van der Waals surface area contributed by atoms with Gasteiger partial charge in [-0.2, -0.15) is 0 Å². The second-order valence-electron chi connectivity index (χ2n) is 5.02. The number of nitrogens with zero attached hydrogens (tertiary/aromatic N) is 2. The Labute approximate surface area is 109 Å². The monoisotopic (exact) mass is 250 g/mol. The molecule has 1 aromatic heterocycles. The molecule has 1 N–H and O–H groups in total. The minimum absolute atomic E-state index is 0.153. The first kappa shape index (κ1) is 14.6. The number of carboxylic acid groups (broad SMARTS) is 1. The number of likely N-dealkylation sites (N-methyl/N-ethyl adjacent to an activating group) is 1. The average molecular weight is 250 g/mol. The van der Waals surface area contributed by atoms with Crippen LogP contribution in [0.25, 0.3) is 0 Å². The van der Waals surface area contributed by atoms with Gasteiger partial charge >= 0.3 is 5.97 Å². The minimum atomic E-state index is -0.713. The molecule has 0 amide bonds. The average Bonchev–Trinajstić information content (AvgIpc) is 2.34. The predicted molar refractivity (Wildman–Crippen MR) is 71.4 cm³/mol. The molecule has 1 atom stereocenters. The highest BCUT2D eigenvalue weighted by Gasteiger charge is 2.22. The molecule has 4 heteroatoms. The van der Waals surface area contributed by atoms with E-state index in [1.165, 1.54) is 0 Å². The summed E-state index contributed by atoms with van der Waals surface area (Å²) in [5.74, 6) is -0.867. The zero-order valence-electron chi connectivity index (χ0n) is 11.3. The number of aliphatic carboxylic acids is 1. The van der Waals surface area contributed by atoms with Crippen LogP contribution in [-0.2, 0) is 11.2 Å². The molecule has 1 heterocycles. The van der Waals surface area contributed by atoms with Crippen LogP contribution >= 0.6 is 0 Å². The summed E-state index contributed by atoms with van der Waals surface area (Å²) in [6.45, 7) is 5.31. The van der Waals surface area contributed by atoms with Crippen molar-refractivity contribution in [3.8, 4) is 0 Å². The third kappa shape index (κ3) is 4.84. The fourth-order valence-corrected chi connectivity index (χ4v) is 1.85. The summed E-state index contributed by atoms with van der Waals surface area (Å²) in [7, 11) is 1.96. The van der Waals surface area contributed by atoms with Crippen LogP contribution < -0.4 is 0 Å². The highest BCUT2D eigenvalue weighted by molar-refractivity contribution is 5.70. The second kappa shape index (κ2) is 7.11. The summed E-state index contributed by atoms with van der Waals surface area (Å²) in [6.07, 6.45) is 2.63. The van der Waals surface area contributed by atoms with Crippen molar-refractivity contribution in [3.05, 3.63) is 30.1 Å². The molecule has 0 aliphatic heterocycles. The van der Waals surface area contributed by atoms with Gasteiger partial charge in [0.25, 0.3) is 0 Å². The second-order valence-corrected chi connectivity index (χ2v) is 5.02. The molecule has 0 aliphatic carbocycles. The van der Waals surface area contributed by atoms with Gasteiger partial charge in [0.1, 0.15) is 0 Å². The molecule has 1 aromatic rings. The third-order valence-corrected chi connectivity index (χ3v) is 3.11. The van der Waals surface area contributed by atoms with E-state index < -0.39 is 5.97 Å². The first-order chi connectivity index (χ1) is 8.50. The van der Waals surface area contributed by atoms with E-state index in [4.69, 9.17) is 5.11 Å². The molecule has 0 spiro atoms. The number of pyridine rings is 1. The van der Waals surface area contributed by atoms with E-state index in [0.29, 0.717) is 6.54 Å². The molecule has 1 unspecified atom stereocenters. The number of aromatic nitrogens is 1. The van der Waals surface area contributed by atoms with Crippen LogP contribution in [0.2, 0.25) is 0 Å². The predicted octanol–water partition coefficient (Wildman–Crippen LogP) is 1.91. The number of carboxylic acids is 1. The van der Waals surface area contributed by atoms with E-state index in [9.17, 15) is 4.79 Å². The van der Waals surface area contributed by atoms with Crippen LogP contribution in [0.1, 0.15) is 19.5 Å². The van der Waals surface area contributed by atoms with Gasteiger partial charge in [0.2, 0.25) is 0 Å². The smallest absolute Gasteiger partial charge is 0.308 e. The van der Waals surface area contributed by atoms with Crippen molar-refractivity contribution in [2.24, 2.45) is 11.8 Å². The largest absolute Gasteiger partial charge is 0.481 e. The van der Waals surface area contributed by atoms with Crippen LogP contribution in [0, 0.1) is 11.8 Å². The molecule has 0 aromatic carbocycles. The van der Waals surface area contributed by atoms with Crippen molar-refractivity contribution in [1.82, 2.24) is 9.88 Å². The standard InChI is InChI=1S/C14H22N2O2/c1-11(2)13(14(17)18)10-16(3)9-7-12-6-4-5-8-15-12/h4-6,8,11,13H,7,9-10H2,1-3H3,(H,17,18). The molecule has 1 rings (SSSR count). The van der Waals surface area contributed by atoms with Gasteiger partial charge in [0, 0.05) is 31.4 Å². The van der Waals surface area contributed by atoms with Gasteiger partial charge in [-0.1, -0.05) is 19.9 Å². The maximum atomic E-state index is 11.1. The van der Waals surface area contributed by atoms with E-state index in [1.807, 2.05) is 39.1 Å². The molecule has 0 saturated heterocycles. The number of hydrogen-bond acceptors (Lipinski definition) is 3. The lowest BCUT2D eigenvalue weighted by Gasteiger charge is -2.23. The van der Waals surface area contributed by atoms with E-state index in [-0.39, 0.29) is 11.8 Å². The first-order valence-electron chi connectivity index (χ1n) is 6.32. The molecule has 100 valence electrons. The summed E-state index contributed by atoms with van der Waals surface area (Å²) < 4.78 is 0. The molecule has 0 radical (unpaired) electrons. The lowest BCUT2D eigenvalue weighted by atomic mass is 9.95. The zero-order chi connectivity index (χ0) is 13.5. The van der Waals surface area contributed by atoms with Gasteiger partial charge < -0.3 is 10.0 Å². The molecule has 0 bridgehead atoms. The quantitative estimate of drug-likeness (QED) is 0.803. The van der Waals surface area contributed by atoms with Gasteiger partial charge in [-0.15, -0.1) is 0 Å². The Morgan fingerprint density at radius 3 is 2.67 bits per heavy atom. The molecule has 0 fully saturated rings. The van der Waals surface area contributed by atoms with E-state index in [2.05, 4.69) is 9.88 Å². The summed E-state index contributed by atoms with van der Waals surface area (Å²) >= 11 is 0. The number of carbonyl (C=O) groups is 1. The fraction of sp³-hybridized carbons (Fsp3) is 0.571. The molecule has 0 saturated carbocycles. The third-order valence-electron chi connectivity index (χ3n) is 3.11. The first-order valence-corrected chi connectivity index (χ1v) is 6.32. The Bertz CT molecular complexity index is 365. The number of hydrogen-bond donors (Lipinski definition) is 1. The van der Waals surface area contributed by atoms with Crippen LogP contribution in [0.4, 0.5) is 0 Å². The van der Waals surface area contributed by atoms with Crippen molar-refractivity contribution in [2.45, 2.75) is 20.3 Å². The zero-order valence-corrected chi connectivity index (χ0v) is 11.3. The van der Waals surface area contributed by atoms with Crippen LogP contribution in [-0.4, -0.2) is 41.1 Å². The lowest BCUT2D eigenvalue weighted by Crippen LogP contribution is -2.34. The van der Waals surface area contributed by atoms with Crippen molar-refractivity contribution in [1.29, 1.82) is 0 Å². The normalized spacial score (nSPS) is 12.9. The van der Waals surface area contributed by atoms with E-state index in [1.54, 1.807) is 6.20 Å².